The molecule has 0 saturated carbocycles. The Morgan fingerprint density at radius 2 is 1.89 bits per heavy atom. The summed E-state index contributed by atoms with van der Waals surface area (Å²) in [4.78, 5) is 4.13. The number of nitrogens with zero attached hydrogens (tertiary/aromatic N) is 4. The zero-order valence-corrected chi connectivity index (χ0v) is 10.8. The van der Waals surface area contributed by atoms with Crippen molar-refractivity contribution in [2.24, 2.45) is 0 Å². The minimum Gasteiger partial charge on any atom is -0.362 e. The Kier molecular flexibility index (Phi) is 3.33. The third-order valence-corrected chi connectivity index (χ3v) is 3.36. The average molecular weight is 260 g/mol. The molecule has 1 aromatic heterocycles. The van der Waals surface area contributed by atoms with Gasteiger partial charge in [0, 0.05) is 19.6 Å². The van der Waals surface area contributed by atoms with Crippen LogP contribution in [0, 0.1) is 0 Å². The van der Waals surface area contributed by atoms with Crippen LogP contribution in [0.4, 0.5) is 5.88 Å². The van der Waals surface area contributed by atoms with Gasteiger partial charge in [-0.05, 0) is 5.56 Å². The number of hydrogen-bond donors (Lipinski definition) is 1. The Morgan fingerprint density at radius 3 is 2.53 bits per heavy atom. The molecular formula is C13H18N5O+. The molecule has 2 heterocycles. The topological polar surface area (TPSA) is 62.4 Å². The number of anilines is 1. The van der Waals surface area contributed by atoms with E-state index in [1.165, 1.54) is 5.56 Å². The summed E-state index contributed by atoms with van der Waals surface area (Å²) >= 11 is 0. The third kappa shape index (κ3) is 2.85. The van der Waals surface area contributed by atoms with Crippen LogP contribution in [0.1, 0.15) is 5.56 Å². The second-order valence-corrected chi connectivity index (χ2v) is 4.74. The molecular weight excluding hydrogens is 242 g/mol. The van der Waals surface area contributed by atoms with Crippen molar-refractivity contribution in [3.8, 4) is 0 Å². The van der Waals surface area contributed by atoms with E-state index in [0.717, 1.165) is 32.7 Å². The van der Waals surface area contributed by atoms with Gasteiger partial charge in [-0.2, -0.15) is 5.01 Å². The van der Waals surface area contributed by atoms with Gasteiger partial charge in [0.1, 0.15) is 0 Å². The van der Waals surface area contributed by atoms with Crippen LogP contribution in [0.15, 0.2) is 41.1 Å². The van der Waals surface area contributed by atoms with Gasteiger partial charge in [0.25, 0.3) is 12.1 Å². The largest absolute Gasteiger partial charge is 0.362 e. The van der Waals surface area contributed by atoms with Crippen LogP contribution < -0.4 is 15.5 Å². The molecule has 1 aromatic carbocycles. The van der Waals surface area contributed by atoms with Crippen LogP contribution in [0.25, 0.3) is 0 Å². The van der Waals surface area contributed by atoms with Crippen LogP contribution in [0.3, 0.4) is 0 Å². The number of aromatic nitrogens is 2. The lowest BCUT2D eigenvalue weighted by molar-refractivity contribution is -0.759. The van der Waals surface area contributed by atoms with E-state index >= 15 is 0 Å². The molecule has 1 aliphatic rings. The number of nitrogens with two attached hydrogens (primary N) is 1. The summed E-state index contributed by atoms with van der Waals surface area (Å²) < 4.78 is 4.88. The van der Waals surface area contributed by atoms with Crippen molar-refractivity contribution < 1.29 is 9.31 Å². The molecule has 2 N–H and O–H groups in total. The highest BCUT2D eigenvalue weighted by Crippen LogP contribution is 2.06. The van der Waals surface area contributed by atoms with Crippen LogP contribution in [0.2, 0.25) is 0 Å². The van der Waals surface area contributed by atoms with Crippen molar-refractivity contribution in [2.45, 2.75) is 6.54 Å². The smallest absolute Gasteiger partial charge is 0.296 e. The monoisotopic (exact) mass is 260 g/mol. The zero-order chi connectivity index (χ0) is 13.1. The van der Waals surface area contributed by atoms with E-state index in [9.17, 15) is 0 Å². The van der Waals surface area contributed by atoms with Gasteiger partial charge in [-0.3, -0.25) is 9.42 Å². The van der Waals surface area contributed by atoms with Crippen LogP contribution in [0.5, 0.6) is 0 Å². The zero-order valence-electron chi connectivity index (χ0n) is 10.8. The first kappa shape index (κ1) is 12.0. The second kappa shape index (κ2) is 5.27. The molecule has 2 aromatic rings. The maximum Gasteiger partial charge on any atom is 0.296 e. The first-order valence-electron chi connectivity index (χ1n) is 6.47. The normalized spacial score (nSPS) is 16.7. The molecule has 0 bridgehead atoms. The van der Waals surface area contributed by atoms with E-state index in [2.05, 4.69) is 39.4 Å². The Bertz CT molecular complexity index is 519. The third-order valence-electron chi connectivity index (χ3n) is 3.36. The van der Waals surface area contributed by atoms with E-state index in [-0.39, 0.29) is 0 Å². The highest BCUT2D eigenvalue weighted by Gasteiger charge is 2.25. The minimum absolute atomic E-state index is 0.340. The fourth-order valence-corrected chi connectivity index (χ4v) is 2.33. The summed E-state index contributed by atoms with van der Waals surface area (Å²) in [5, 5.41) is 6.00. The fraction of sp³-hybridized carbons (Fsp3) is 0.385. The summed E-state index contributed by atoms with van der Waals surface area (Å²) in [7, 11) is 0. The molecule has 0 unspecified atom stereocenters. The predicted molar refractivity (Wildman–Crippen MR) is 70.8 cm³/mol. The second-order valence-electron chi connectivity index (χ2n) is 4.74. The van der Waals surface area contributed by atoms with E-state index in [1.54, 1.807) is 11.0 Å². The van der Waals surface area contributed by atoms with E-state index in [4.69, 9.17) is 10.3 Å². The SMILES string of the molecule is Nc1c[n+](N2CCN(Cc3ccccc3)CC2)no1. The van der Waals surface area contributed by atoms with Crippen molar-refractivity contribution in [1.82, 2.24) is 10.2 Å². The molecule has 1 aliphatic heterocycles. The summed E-state index contributed by atoms with van der Waals surface area (Å²) in [6.45, 7) is 4.86. The average Bonchev–Trinajstić information content (AvgIpc) is 2.87. The van der Waals surface area contributed by atoms with Gasteiger partial charge >= 0.3 is 0 Å². The molecule has 0 radical (unpaired) electrons. The molecule has 6 nitrogen and oxygen atoms in total. The van der Waals surface area contributed by atoms with Gasteiger partial charge < -0.3 is 5.73 Å². The maximum atomic E-state index is 5.53. The molecule has 0 amide bonds. The number of hydrogen-bond acceptors (Lipinski definition) is 5. The Balaban J connectivity index is 1.55. The van der Waals surface area contributed by atoms with Gasteiger partial charge in [0.2, 0.25) is 5.27 Å². The van der Waals surface area contributed by atoms with Gasteiger partial charge in [0.15, 0.2) is 0 Å². The number of nitrogen functional groups attached to an aromatic ring is 1. The number of rotatable bonds is 3. The van der Waals surface area contributed by atoms with Gasteiger partial charge in [-0.15, -0.1) is 0 Å². The van der Waals surface area contributed by atoms with Crippen LogP contribution in [-0.2, 0) is 6.54 Å². The lowest BCUT2D eigenvalue weighted by Gasteiger charge is -2.29. The summed E-state index contributed by atoms with van der Waals surface area (Å²) in [6.07, 6.45) is 1.70. The van der Waals surface area contributed by atoms with Crippen molar-refractivity contribution in [3.63, 3.8) is 0 Å². The molecule has 1 fully saturated rings. The van der Waals surface area contributed by atoms with Crippen molar-refractivity contribution >= 4 is 5.88 Å². The van der Waals surface area contributed by atoms with E-state index in [1.807, 2.05) is 6.07 Å². The van der Waals surface area contributed by atoms with Crippen molar-refractivity contribution in [1.29, 1.82) is 0 Å². The highest BCUT2D eigenvalue weighted by molar-refractivity contribution is 5.14. The lowest BCUT2D eigenvalue weighted by atomic mass is 10.2. The standard InChI is InChI=1S/C13H18N5O/c14-13-11-18(15-19-13)17-8-6-16(7-9-17)10-12-4-2-1-3-5-12/h1-5,11H,6-10,14H2/q+1. The molecule has 0 aliphatic carbocycles. The number of benzene rings is 1. The minimum atomic E-state index is 0.340. The molecule has 1 saturated heterocycles. The lowest BCUT2D eigenvalue weighted by Crippen LogP contribution is -2.65. The van der Waals surface area contributed by atoms with Crippen LogP contribution in [-0.4, -0.2) is 36.4 Å². The van der Waals surface area contributed by atoms with Gasteiger partial charge in [0.05, 0.1) is 17.9 Å². The van der Waals surface area contributed by atoms with E-state index < -0.39 is 0 Å². The highest BCUT2D eigenvalue weighted by atomic mass is 16.5. The van der Waals surface area contributed by atoms with Gasteiger partial charge in [-0.25, -0.2) is 0 Å². The van der Waals surface area contributed by atoms with E-state index in [0.29, 0.717) is 5.88 Å². The quantitative estimate of drug-likeness (QED) is 0.787. The summed E-state index contributed by atoms with van der Waals surface area (Å²) in [5.41, 5.74) is 6.88. The maximum absolute atomic E-state index is 5.53. The molecule has 0 atom stereocenters. The molecule has 3 rings (SSSR count). The van der Waals surface area contributed by atoms with Gasteiger partial charge in [-0.1, -0.05) is 30.3 Å². The molecule has 100 valence electrons. The predicted octanol–water partition coefficient (Wildman–Crippen LogP) is -0.00190. The van der Waals surface area contributed by atoms with Crippen molar-refractivity contribution in [3.05, 3.63) is 42.1 Å². The first-order chi connectivity index (χ1) is 9.31. The Hall–Kier alpha value is -2.08. The summed E-state index contributed by atoms with van der Waals surface area (Å²) in [6, 6.07) is 10.5. The molecule has 19 heavy (non-hydrogen) atoms. The number of piperazine rings is 1. The van der Waals surface area contributed by atoms with Crippen LogP contribution >= 0.6 is 0 Å². The Morgan fingerprint density at radius 1 is 1.16 bits per heavy atom. The first-order valence-corrected chi connectivity index (χ1v) is 6.47. The molecule has 0 spiro atoms. The van der Waals surface area contributed by atoms with Crippen molar-refractivity contribution in [2.75, 3.05) is 36.9 Å². The fourth-order valence-electron chi connectivity index (χ4n) is 2.33. The Labute approximate surface area is 112 Å². The molecule has 6 heteroatoms. The summed E-state index contributed by atoms with van der Waals surface area (Å²) in [5.74, 6) is 0.340.